The van der Waals surface area contributed by atoms with Gasteiger partial charge < -0.3 is 18.3 Å². The topological polar surface area (TPSA) is 138 Å². The van der Waals surface area contributed by atoms with Crippen molar-refractivity contribution in [2.75, 3.05) is 5.32 Å². The molecule has 0 saturated heterocycles. The third-order valence-corrected chi connectivity index (χ3v) is 6.65. The molecule has 1 atom stereocenters. The number of rotatable bonds is 13. The highest BCUT2D eigenvalue weighted by atomic mass is 19.4. The number of allylic oxidation sites excluding steroid dienone is 2. The van der Waals surface area contributed by atoms with Gasteiger partial charge in [-0.25, -0.2) is 9.78 Å². The molecular formula is C32H32F6N6O5. The van der Waals surface area contributed by atoms with Crippen LogP contribution in [0.3, 0.4) is 0 Å². The number of nitrogens with one attached hydrogen (secondary N) is 1. The standard InChI is InChI=1S/C32H32F6N6O5/c1-6-8-15-22-41-42-25(47-22)23-20(31(33,34)35)17-21(39-28(45)49-29(3,4)5)24(40-23)26-43-44-27(48-26)30(16-9-7-2,32(36,37)38)46-18-19-13-11-10-12-14-19/h6-7,10-14,17H,1-2,8-9,15-16,18H2,3-5H3,(H,39,45). The van der Waals surface area contributed by atoms with Crippen LogP contribution in [0.25, 0.3) is 23.2 Å². The van der Waals surface area contributed by atoms with Crippen LogP contribution in [0.4, 0.5) is 36.8 Å². The molecule has 3 aromatic heterocycles. The number of amides is 1. The zero-order valence-corrected chi connectivity index (χ0v) is 26.6. The molecule has 0 bridgehead atoms. The maximum atomic E-state index is 14.9. The number of carbonyl (C=O) groups excluding carboxylic acids is 1. The number of aromatic nitrogens is 5. The number of hydrogen-bond acceptors (Lipinski definition) is 10. The van der Waals surface area contributed by atoms with Crippen LogP contribution in [0, 0.1) is 0 Å². The molecule has 0 fully saturated rings. The van der Waals surface area contributed by atoms with E-state index >= 15 is 0 Å². The summed E-state index contributed by atoms with van der Waals surface area (Å²) in [5.74, 6) is -2.56. The average molecular weight is 695 g/mol. The fraction of sp³-hybridized carbons (Fsp3) is 0.375. The van der Waals surface area contributed by atoms with Crippen LogP contribution in [0.1, 0.15) is 62.9 Å². The zero-order chi connectivity index (χ0) is 36.0. The Morgan fingerprint density at radius 1 is 0.898 bits per heavy atom. The molecule has 0 aliphatic carbocycles. The highest BCUT2D eigenvalue weighted by Crippen LogP contribution is 2.47. The molecule has 11 nitrogen and oxygen atoms in total. The third-order valence-electron chi connectivity index (χ3n) is 6.65. The second-order valence-corrected chi connectivity index (χ2v) is 11.6. The molecule has 49 heavy (non-hydrogen) atoms. The Bertz CT molecular complexity index is 1760. The molecule has 0 aliphatic rings. The van der Waals surface area contributed by atoms with Crippen molar-refractivity contribution in [1.82, 2.24) is 25.4 Å². The largest absolute Gasteiger partial charge is 0.444 e. The van der Waals surface area contributed by atoms with Crippen LogP contribution in [-0.2, 0) is 34.3 Å². The Kier molecular flexibility index (Phi) is 11.0. The molecule has 1 amide bonds. The Hall–Kier alpha value is -5.06. The molecule has 1 unspecified atom stereocenters. The number of carbonyl (C=O) groups is 1. The minimum atomic E-state index is -5.13. The summed E-state index contributed by atoms with van der Waals surface area (Å²) in [6.45, 7) is 11.1. The van der Waals surface area contributed by atoms with Gasteiger partial charge in [-0.1, -0.05) is 42.5 Å². The van der Waals surface area contributed by atoms with Gasteiger partial charge in [-0.05, 0) is 51.7 Å². The van der Waals surface area contributed by atoms with Crippen molar-refractivity contribution in [3.8, 4) is 23.2 Å². The van der Waals surface area contributed by atoms with Gasteiger partial charge in [0.25, 0.3) is 17.7 Å². The summed E-state index contributed by atoms with van der Waals surface area (Å²) in [5.41, 5.74) is -7.53. The van der Waals surface area contributed by atoms with Gasteiger partial charge in [0.15, 0.2) is 5.69 Å². The molecule has 0 spiro atoms. The van der Waals surface area contributed by atoms with E-state index in [1.165, 1.54) is 32.9 Å². The number of aryl methyl sites for hydroxylation is 1. The van der Waals surface area contributed by atoms with Crippen molar-refractivity contribution in [2.24, 2.45) is 0 Å². The monoisotopic (exact) mass is 694 g/mol. The van der Waals surface area contributed by atoms with E-state index in [1.54, 1.807) is 30.3 Å². The quantitative estimate of drug-likeness (QED) is 0.107. The number of benzene rings is 1. The molecule has 1 N–H and O–H groups in total. The summed E-state index contributed by atoms with van der Waals surface area (Å²) in [7, 11) is 0. The summed E-state index contributed by atoms with van der Waals surface area (Å²) in [5, 5.41) is 16.9. The lowest BCUT2D eigenvalue weighted by atomic mass is 9.96. The van der Waals surface area contributed by atoms with Crippen molar-refractivity contribution in [3.63, 3.8) is 0 Å². The number of ether oxygens (including phenoxy) is 2. The molecular weight excluding hydrogens is 662 g/mol. The zero-order valence-electron chi connectivity index (χ0n) is 26.6. The van der Waals surface area contributed by atoms with E-state index < -0.39 is 83.0 Å². The maximum absolute atomic E-state index is 14.9. The molecule has 262 valence electrons. The van der Waals surface area contributed by atoms with Gasteiger partial charge in [0, 0.05) is 6.42 Å². The Morgan fingerprint density at radius 3 is 2.16 bits per heavy atom. The van der Waals surface area contributed by atoms with Crippen LogP contribution in [0.5, 0.6) is 0 Å². The van der Waals surface area contributed by atoms with Crippen LogP contribution in [0.15, 0.2) is 70.5 Å². The first-order valence-electron chi connectivity index (χ1n) is 14.7. The minimum absolute atomic E-state index is 0.0323. The number of pyridine rings is 1. The van der Waals surface area contributed by atoms with Crippen molar-refractivity contribution < 1.29 is 49.4 Å². The first-order chi connectivity index (χ1) is 23.0. The fourth-order valence-electron chi connectivity index (χ4n) is 4.39. The van der Waals surface area contributed by atoms with E-state index in [1.807, 2.05) is 0 Å². The van der Waals surface area contributed by atoms with Gasteiger partial charge in [0.1, 0.15) is 11.3 Å². The number of halogens is 6. The van der Waals surface area contributed by atoms with E-state index in [0.29, 0.717) is 18.1 Å². The van der Waals surface area contributed by atoms with E-state index in [-0.39, 0.29) is 18.7 Å². The lowest BCUT2D eigenvalue weighted by Gasteiger charge is -2.32. The van der Waals surface area contributed by atoms with E-state index in [9.17, 15) is 31.1 Å². The van der Waals surface area contributed by atoms with Crippen molar-refractivity contribution in [3.05, 3.63) is 84.6 Å². The predicted molar refractivity (Wildman–Crippen MR) is 163 cm³/mol. The second kappa shape index (κ2) is 14.6. The van der Waals surface area contributed by atoms with Crippen molar-refractivity contribution in [1.29, 1.82) is 0 Å². The van der Waals surface area contributed by atoms with Crippen molar-refractivity contribution in [2.45, 2.75) is 76.6 Å². The van der Waals surface area contributed by atoms with E-state index in [0.717, 1.165) is 0 Å². The highest BCUT2D eigenvalue weighted by Gasteiger charge is 2.61. The van der Waals surface area contributed by atoms with Gasteiger partial charge in [-0.3, -0.25) is 5.32 Å². The fourth-order valence-corrected chi connectivity index (χ4v) is 4.39. The van der Waals surface area contributed by atoms with Crippen LogP contribution in [-0.4, -0.2) is 43.2 Å². The lowest BCUT2D eigenvalue weighted by molar-refractivity contribution is -0.299. The number of alkyl halides is 6. The minimum Gasteiger partial charge on any atom is -0.444 e. The van der Waals surface area contributed by atoms with E-state index in [2.05, 4.69) is 43.9 Å². The Labute approximate surface area is 276 Å². The van der Waals surface area contributed by atoms with Gasteiger partial charge in [-0.2, -0.15) is 26.3 Å². The number of hydrogen-bond donors (Lipinski definition) is 1. The average Bonchev–Trinajstić information content (AvgIpc) is 3.69. The van der Waals surface area contributed by atoms with Gasteiger partial charge in [-0.15, -0.1) is 33.6 Å². The smallest absolute Gasteiger partial charge is 0.426 e. The second-order valence-electron chi connectivity index (χ2n) is 11.6. The SMILES string of the molecule is C=CCCc1nnc(-c2nc(-c3nnc(C(CCC=C)(OCc4ccccc4)C(F)(F)F)o3)c(NC(=O)OC(C)(C)C)cc2C(F)(F)F)o1. The van der Waals surface area contributed by atoms with Gasteiger partial charge in [0.05, 0.1) is 17.9 Å². The normalized spacial score (nSPS) is 13.5. The van der Waals surface area contributed by atoms with Crippen LogP contribution >= 0.6 is 0 Å². The lowest BCUT2D eigenvalue weighted by Crippen LogP contribution is -2.45. The molecule has 0 saturated carbocycles. The maximum Gasteiger partial charge on any atom is 0.426 e. The number of nitrogens with zero attached hydrogens (tertiary/aromatic N) is 5. The molecule has 0 radical (unpaired) electrons. The first-order valence-corrected chi connectivity index (χ1v) is 14.7. The molecule has 3 heterocycles. The Balaban J connectivity index is 1.91. The van der Waals surface area contributed by atoms with Gasteiger partial charge >= 0.3 is 18.4 Å². The number of anilines is 1. The van der Waals surface area contributed by atoms with Gasteiger partial charge in [0.2, 0.25) is 11.5 Å². The molecule has 1 aromatic carbocycles. The van der Waals surface area contributed by atoms with Crippen molar-refractivity contribution >= 4 is 11.8 Å². The summed E-state index contributed by atoms with van der Waals surface area (Å²) in [6.07, 6.45) is -9.07. The predicted octanol–water partition coefficient (Wildman–Crippen LogP) is 8.61. The molecule has 4 rings (SSSR count). The molecule has 4 aromatic rings. The summed E-state index contributed by atoms with van der Waals surface area (Å²) >= 11 is 0. The molecule has 0 aliphatic heterocycles. The Morgan fingerprint density at radius 2 is 1.55 bits per heavy atom. The van der Waals surface area contributed by atoms with Crippen LogP contribution in [0.2, 0.25) is 0 Å². The first kappa shape index (κ1) is 36.8. The van der Waals surface area contributed by atoms with Crippen LogP contribution < -0.4 is 5.32 Å². The highest BCUT2D eigenvalue weighted by molar-refractivity contribution is 5.90. The van der Waals surface area contributed by atoms with E-state index in [4.69, 9.17) is 18.3 Å². The summed E-state index contributed by atoms with van der Waals surface area (Å²) in [6, 6.07) is 8.47. The summed E-state index contributed by atoms with van der Waals surface area (Å²) in [4.78, 5) is 16.7. The molecule has 17 heteroatoms. The summed E-state index contributed by atoms with van der Waals surface area (Å²) < 4.78 is 110. The third kappa shape index (κ3) is 8.90.